The molecule has 2 N–H and O–H groups in total. The van der Waals surface area contributed by atoms with E-state index in [2.05, 4.69) is 4.84 Å². The fourth-order valence-electron chi connectivity index (χ4n) is 1.05. The number of hydrogen-bond donors (Lipinski definition) is 1. The molecule has 0 fully saturated rings. The Hall–Kier alpha value is -0.780. The van der Waals surface area contributed by atoms with Gasteiger partial charge in [-0.15, -0.1) is 0 Å². The van der Waals surface area contributed by atoms with Gasteiger partial charge < -0.3 is 0 Å². The van der Waals surface area contributed by atoms with Crippen LogP contribution in [0.2, 0.25) is 5.02 Å². The second kappa shape index (κ2) is 4.16. The second-order valence-electron chi connectivity index (χ2n) is 2.61. The molecule has 0 atom stereocenters. The van der Waals surface area contributed by atoms with Gasteiger partial charge in [-0.25, -0.2) is 5.90 Å². The van der Waals surface area contributed by atoms with Crippen LogP contribution < -0.4 is 5.90 Å². The molecule has 0 saturated carbocycles. The first-order valence-electron chi connectivity index (χ1n) is 3.62. The summed E-state index contributed by atoms with van der Waals surface area (Å²) >= 11 is 5.54. The molecule has 1 aromatic carbocycles. The molecule has 0 aromatic heterocycles. The van der Waals surface area contributed by atoms with Crippen LogP contribution in [0.15, 0.2) is 18.2 Å². The van der Waals surface area contributed by atoms with Crippen molar-refractivity contribution in [3.63, 3.8) is 0 Å². The summed E-state index contributed by atoms with van der Waals surface area (Å²) in [4.78, 5) is 4.16. The van der Waals surface area contributed by atoms with E-state index in [4.69, 9.17) is 17.5 Å². The van der Waals surface area contributed by atoms with Gasteiger partial charge in [0.15, 0.2) is 0 Å². The molecule has 0 aliphatic carbocycles. The summed E-state index contributed by atoms with van der Waals surface area (Å²) in [5, 5.41) is 0.213. The van der Waals surface area contributed by atoms with Gasteiger partial charge in [0.25, 0.3) is 0 Å². The van der Waals surface area contributed by atoms with E-state index >= 15 is 0 Å². The van der Waals surface area contributed by atoms with Crippen molar-refractivity contribution in [1.29, 1.82) is 0 Å². The van der Waals surface area contributed by atoms with Crippen molar-refractivity contribution in [3.8, 4) is 0 Å². The van der Waals surface area contributed by atoms with Gasteiger partial charge >= 0.3 is 6.18 Å². The minimum atomic E-state index is -4.42. The first-order chi connectivity index (χ1) is 6.45. The molecule has 0 aliphatic rings. The minimum absolute atomic E-state index is 0.0764. The monoisotopic (exact) mass is 225 g/mol. The molecule has 0 heterocycles. The Morgan fingerprint density at radius 1 is 1.36 bits per heavy atom. The molecule has 0 unspecified atom stereocenters. The van der Waals surface area contributed by atoms with Crippen molar-refractivity contribution in [2.45, 2.75) is 12.8 Å². The summed E-state index contributed by atoms with van der Waals surface area (Å²) in [6.07, 6.45) is -4.42. The molecular weight excluding hydrogens is 219 g/mol. The topological polar surface area (TPSA) is 35.2 Å². The highest BCUT2D eigenvalue weighted by Gasteiger charge is 2.33. The van der Waals surface area contributed by atoms with E-state index < -0.39 is 11.7 Å². The lowest BCUT2D eigenvalue weighted by atomic mass is 10.1. The van der Waals surface area contributed by atoms with Crippen LogP contribution in [0.4, 0.5) is 13.2 Å². The fraction of sp³-hybridized carbons (Fsp3) is 0.250. The van der Waals surface area contributed by atoms with Crippen molar-refractivity contribution in [2.75, 3.05) is 0 Å². The maximum Gasteiger partial charge on any atom is 0.416 e. The van der Waals surface area contributed by atoms with Crippen LogP contribution in [-0.2, 0) is 17.6 Å². The van der Waals surface area contributed by atoms with Crippen molar-refractivity contribution < 1.29 is 18.0 Å². The lowest BCUT2D eigenvalue weighted by Gasteiger charge is -2.11. The molecule has 1 aromatic rings. The molecule has 0 amide bonds. The molecule has 1 rings (SSSR count). The zero-order valence-electron chi connectivity index (χ0n) is 6.94. The van der Waals surface area contributed by atoms with E-state index in [0.717, 1.165) is 6.07 Å². The number of benzene rings is 1. The first-order valence-corrected chi connectivity index (χ1v) is 4.00. The normalized spacial score (nSPS) is 11.8. The van der Waals surface area contributed by atoms with E-state index in [0.29, 0.717) is 0 Å². The Morgan fingerprint density at radius 3 is 2.50 bits per heavy atom. The van der Waals surface area contributed by atoms with Crippen LogP contribution in [0.1, 0.15) is 11.1 Å². The van der Waals surface area contributed by atoms with Crippen LogP contribution >= 0.6 is 11.6 Å². The van der Waals surface area contributed by atoms with E-state index in [1.54, 1.807) is 0 Å². The van der Waals surface area contributed by atoms with Gasteiger partial charge in [0.1, 0.15) is 0 Å². The Bertz CT molecular complexity index is 327. The molecular formula is C8H7ClF3NO. The minimum Gasteiger partial charge on any atom is -0.300 e. The molecule has 2 nitrogen and oxygen atoms in total. The molecule has 0 bridgehead atoms. The summed E-state index contributed by atoms with van der Waals surface area (Å²) in [7, 11) is 0. The highest BCUT2D eigenvalue weighted by atomic mass is 35.5. The number of rotatable bonds is 2. The molecule has 6 heteroatoms. The van der Waals surface area contributed by atoms with Crippen molar-refractivity contribution in [2.24, 2.45) is 5.90 Å². The molecule has 78 valence electrons. The zero-order chi connectivity index (χ0) is 10.8. The summed E-state index contributed by atoms with van der Waals surface area (Å²) < 4.78 is 37.1. The molecule has 0 radical (unpaired) electrons. The van der Waals surface area contributed by atoms with E-state index in [1.165, 1.54) is 12.1 Å². The summed E-state index contributed by atoms with van der Waals surface area (Å²) in [6, 6.07) is 3.25. The van der Waals surface area contributed by atoms with Gasteiger partial charge in [0.2, 0.25) is 0 Å². The van der Waals surface area contributed by atoms with Gasteiger partial charge in [0.05, 0.1) is 12.2 Å². The maximum atomic E-state index is 12.4. The van der Waals surface area contributed by atoms with Gasteiger partial charge in [-0.05, 0) is 23.8 Å². The largest absolute Gasteiger partial charge is 0.416 e. The Kier molecular flexibility index (Phi) is 3.36. The average molecular weight is 226 g/mol. The highest BCUT2D eigenvalue weighted by Crippen LogP contribution is 2.33. The van der Waals surface area contributed by atoms with Gasteiger partial charge in [0, 0.05) is 5.02 Å². The Labute approximate surface area is 83.4 Å². The lowest BCUT2D eigenvalue weighted by Crippen LogP contribution is -2.11. The summed E-state index contributed by atoms with van der Waals surface area (Å²) in [6.45, 7) is -0.324. The number of nitrogens with two attached hydrogens (primary N) is 1. The Morgan fingerprint density at radius 2 is 2.00 bits per heavy atom. The average Bonchev–Trinajstić information content (AvgIpc) is 2.02. The third kappa shape index (κ3) is 2.60. The van der Waals surface area contributed by atoms with Crippen LogP contribution in [0.5, 0.6) is 0 Å². The summed E-state index contributed by atoms with van der Waals surface area (Å²) in [5.41, 5.74) is -0.861. The lowest BCUT2D eigenvalue weighted by molar-refractivity contribution is -0.138. The smallest absolute Gasteiger partial charge is 0.300 e. The van der Waals surface area contributed by atoms with Crippen LogP contribution in [-0.4, -0.2) is 0 Å². The molecule has 0 saturated heterocycles. The van der Waals surface area contributed by atoms with E-state index in [1.807, 2.05) is 0 Å². The standard InChI is InChI=1S/C8H7ClF3NO/c9-6-1-2-7(8(10,11)12)5(3-6)4-14-13/h1-3H,4,13H2. The summed E-state index contributed by atoms with van der Waals surface area (Å²) in [5.74, 6) is 4.71. The number of hydrogen-bond acceptors (Lipinski definition) is 2. The van der Waals surface area contributed by atoms with Gasteiger partial charge in [-0.1, -0.05) is 11.6 Å². The molecule has 0 aliphatic heterocycles. The van der Waals surface area contributed by atoms with Gasteiger partial charge in [-0.3, -0.25) is 4.84 Å². The third-order valence-corrected chi connectivity index (χ3v) is 1.85. The van der Waals surface area contributed by atoms with E-state index in [-0.39, 0.29) is 17.2 Å². The third-order valence-electron chi connectivity index (χ3n) is 1.61. The first kappa shape index (κ1) is 11.3. The number of alkyl halides is 3. The predicted octanol–water partition coefficient (Wildman–Crippen LogP) is 2.75. The maximum absolute atomic E-state index is 12.4. The van der Waals surface area contributed by atoms with Crippen molar-refractivity contribution in [3.05, 3.63) is 34.3 Å². The highest BCUT2D eigenvalue weighted by molar-refractivity contribution is 6.30. The SMILES string of the molecule is NOCc1cc(Cl)ccc1C(F)(F)F. The quantitative estimate of drug-likeness (QED) is 0.786. The molecule has 0 spiro atoms. The zero-order valence-corrected chi connectivity index (χ0v) is 7.69. The fourth-order valence-corrected chi connectivity index (χ4v) is 1.24. The number of halogens is 4. The van der Waals surface area contributed by atoms with E-state index in [9.17, 15) is 13.2 Å². The van der Waals surface area contributed by atoms with Crippen LogP contribution in [0, 0.1) is 0 Å². The van der Waals surface area contributed by atoms with Crippen LogP contribution in [0.3, 0.4) is 0 Å². The second-order valence-corrected chi connectivity index (χ2v) is 3.05. The Balaban J connectivity index is 3.15. The molecule has 14 heavy (non-hydrogen) atoms. The van der Waals surface area contributed by atoms with Gasteiger partial charge in [-0.2, -0.15) is 13.2 Å². The van der Waals surface area contributed by atoms with Crippen LogP contribution in [0.25, 0.3) is 0 Å². The predicted molar refractivity (Wildman–Crippen MR) is 45.4 cm³/mol. The van der Waals surface area contributed by atoms with Crippen molar-refractivity contribution >= 4 is 11.6 Å². The van der Waals surface area contributed by atoms with Crippen molar-refractivity contribution in [1.82, 2.24) is 0 Å².